The Bertz CT molecular complexity index is 903. The Kier molecular flexibility index (Phi) is 7.39. The Morgan fingerprint density at radius 3 is 2.07 bits per heavy atom. The molecule has 0 radical (unpaired) electrons. The first-order chi connectivity index (χ1) is 13.2. The van der Waals surface area contributed by atoms with Crippen LogP contribution in [0.4, 0.5) is 0 Å². The van der Waals surface area contributed by atoms with Crippen LogP contribution in [0.15, 0.2) is 53.4 Å². The van der Waals surface area contributed by atoms with Crippen LogP contribution in [-0.4, -0.2) is 50.1 Å². The molecule has 8 nitrogen and oxygen atoms in total. The number of nitrogens with one attached hydrogen (secondary N) is 1. The third-order valence-corrected chi connectivity index (χ3v) is 6.24. The first-order valence-electron chi connectivity index (χ1n) is 8.19. The molecule has 2 rings (SSSR count). The van der Waals surface area contributed by atoms with Crippen LogP contribution in [0.3, 0.4) is 0 Å². The van der Waals surface area contributed by atoms with Crippen molar-refractivity contribution < 1.29 is 27.9 Å². The summed E-state index contributed by atoms with van der Waals surface area (Å²) < 4.78 is 37.3. The number of sulfonamides is 1. The normalized spacial score (nSPS) is 13.8. The highest BCUT2D eigenvalue weighted by Crippen LogP contribution is 2.26. The zero-order chi connectivity index (χ0) is 20.9. The van der Waals surface area contributed by atoms with E-state index in [4.69, 9.17) is 26.3 Å². The van der Waals surface area contributed by atoms with E-state index in [9.17, 15) is 13.2 Å². The van der Waals surface area contributed by atoms with Gasteiger partial charge in [-0.15, -0.1) is 0 Å². The summed E-state index contributed by atoms with van der Waals surface area (Å²) in [7, 11) is -1.46. The minimum Gasteiger partial charge on any atom is -0.457 e. The third kappa shape index (κ3) is 5.00. The van der Waals surface area contributed by atoms with Gasteiger partial charge in [0.2, 0.25) is 10.0 Å². The van der Waals surface area contributed by atoms with E-state index in [0.717, 1.165) is 4.31 Å². The number of amides is 1. The van der Waals surface area contributed by atoms with Crippen molar-refractivity contribution in [1.29, 1.82) is 0 Å². The highest BCUT2D eigenvalue weighted by Gasteiger charge is 2.37. The summed E-state index contributed by atoms with van der Waals surface area (Å²) in [6.07, 6.45) is -0.792. The molecule has 10 heteroatoms. The van der Waals surface area contributed by atoms with Crippen molar-refractivity contribution in [3.05, 3.63) is 53.6 Å². The van der Waals surface area contributed by atoms with Crippen LogP contribution < -0.4 is 10.2 Å². The number of ether oxygens (including phenoxy) is 2. The standard InChI is InChI=1S/C18H21ClN2O6S/c1-12(26-3)17(18(22)20-23)21(2)28(24,25)16-10-8-15(9-11-16)27-14-6-4-13(19)5-7-14/h4-12,17,23H,1-3H3,(H,20,22)/t12-,17?/m1/s1. The Balaban J connectivity index is 2.24. The number of nitrogens with zero attached hydrogens (tertiary/aromatic N) is 1. The highest BCUT2D eigenvalue weighted by molar-refractivity contribution is 7.89. The minimum absolute atomic E-state index is 0.0440. The predicted molar refractivity (Wildman–Crippen MR) is 103 cm³/mol. The number of likely N-dealkylation sites (N-methyl/N-ethyl adjacent to an activating group) is 1. The van der Waals surface area contributed by atoms with Crippen LogP contribution in [0, 0.1) is 0 Å². The molecule has 2 aromatic carbocycles. The molecule has 2 atom stereocenters. The Hall–Kier alpha value is -2.17. The number of hydrogen-bond donors (Lipinski definition) is 2. The maximum absolute atomic E-state index is 12.9. The Morgan fingerprint density at radius 1 is 1.11 bits per heavy atom. The summed E-state index contributed by atoms with van der Waals surface area (Å²) in [5.74, 6) is 0.0766. The Morgan fingerprint density at radius 2 is 1.61 bits per heavy atom. The highest BCUT2D eigenvalue weighted by atomic mass is 35.5. The molecule has 1 amide bonds. The Labute approximate surface area is 168 Å². The number of hydrogen-bond acceptors (Lipinski definition) is 6. The van der Waals surface area contributed by atoms with Crippen LogP contribution in [-0.2, 0) is 19.6 Å². The van der Waals surface area contributed by atoms with Crippen molar-refractivity contribution in [3.63, 3.8) is 0 Å². The molecule has 0 saturated carbocycles. The lowest BCUT2D eigenvalue weighted by molar-refractivity contribution is -0.136. The lowest BCUT2D eigenvalue weighted by Crippen LogP contribution is -2.52. The molecule has 2 aromatic rings. The second kappa shape index (κ2) is 9.35. The summed E-state index contributed by atoms with van der Waals surface area (Å²) in [6, 6.07) is 11.2. The van der Waals surface area contributed by atoms with Crippen LogP contribution in [0.25, 0.3) is 0 Å². The zero-order valence-electron chi connectivity index (χ0n) is 15.5. The van der Waals surface area contributed by atoms with E-state index in [2.05, 4.69) is 0 Å². The molecule has 28 heavy (non-hydrogen) atoms. The van der Waals surface area contributed by atoms with E-state index >= 15 is 0 Å². The zero-order valence-corrected chi connectivity index (χ0v) is 17.1. The third-order valence-electron chi connectivity index (χ3n) is 4.14. The number of halogens is 1. The average molecular weight is 429 g/mol. The lowest BCUT2D eigenvalue weighted by Gasteiger charge is -2.29. The molecule has 0 aliphatic carbocycles. The summed E-state index contributed by atoms with van der Waals surface area (Å²) in [5, 5.41) is 9.50. The van der Waals surface area contributed by atoms with Gasteiger partial charge in [-0.2, -0.15) is 4.31 Å². The first kappa shape index (κ1) is 22.1. The van der Waals surface area contributed by atoms with Gasteiger partial charge in [0, 0.05) is 19.2 Å². The van der Waals surface area contributed by atoms with Gasteiger partial charge >= 0.3 is 0 Å². The lowest BCUT2D eigenvalue weighted by atomic mass is 10.2. The van der Waals surface area contributed by atoms with Gasteiger partial charge in [-0.05, 0) is 55.5 Å². The molecule has 2 N–H and O–H groups in total. The van der Waals surface area contributed by atoms with Gasteiger partial charge < -0.3 is 9.47 Å². The number of carbonyl (C=O) groups is 1. The van der Waals surface area contributed by atoms with E-state index < -0.39 is 28.1 Å². The molecule has 0 aliphatic heterocycles. The molecule has 0 saturated heterocycles. The van der Waals surface area contributed by atoms with E-state index in [-0.39, 0.29) is 4.90 Å². The van der Waals surface area contributed by atoms with Gasteiger partial charge in [0.15, 0.2) is 0 Å². The van der Waals surface area contributed by atoms with Crippen LogP contribution in [0.5, 0.6) is 11.5 Å². The van der Waals surface area contributed by atoms with Crippen molar-refractivity contribution in [3.8, 4) is 11.5 Å². The maximum Gasteiger partial charge on any atom is 0.264 e. The van der Waals surface area contributed by atoms with Crippen molar-refractivity contribution in [1.82, 2.24) is 9.79 Å². The fourth-order valence-electron chi connectivity index (χ4n) is 2.50. The van der Waals surface area contributed by atoms with Gasteiger partial charge in [-0.25, -0.2) is 13.9 Å². The van der Waals surface area contributed by atoms with Gasteiger partial charge in [0.05, 0.1) is 11.0 Å². The smallest absolute Gasteiger partial charge is 0.264 e. The van der Waals surface area contributed by atoms with Crippen molar-refractivity contribution >= 4 is 27.5 Å². The quantitative estimate of drug-likeness (QED) is 0.494. The average Bonchev–Trinajstić information content (AvgIpc) is 2.69. The van der Waals surface area contributed by atoms with Crippen LogP contribution in [0.2, 0.25) is 5.02 Å². The van der Waals surface area contributed by atoms with Crippen molar-refractivity contribution in [2.45, 2.75) is 24.0 Å². The topological polar surface area (TPSA) is 105 Å². The number of hydroxylamine groups is 1. The molecule has 1 unspecified atom stereocenters. The summed E-state index contributed by atoms with van der Waals surface area (Å²) in [5.41, 5.74) is 1.47. The molecule has 0 aliphatic rings. The number of carbonyl (C=O) groups excluding carboxylic acids is 1. The second-order valence-electron chi connectivity index (χ2n) is 5.91. The van der Waals surface area contributed by atoms with Crippen molar-refractivity contribution in [2.75, 3.05) is 14.2 Å². The SMILES string of the molecule is CO[C@H](C)C(C(=O)NO)N(C)S(=O)(=O)c1ccc(Oc2ccc(Cl)cc2)cc1. The summed E-state index contributed by atoms with van der Waals surface area (Å²) in [4.78, 5) is 11.9. The van der Waals surface area contributed by atoms with Gasteiger partial charge in [-0.1, -0.05) is 11.6 Å². The largest absolute Gasteiger partial charge is 0.457 e. The monoisotopic (exact) mass is 428 g/mol. The number of rotatable bonds is 8. The van der Waals surface area contributed by atoms with E-state index in [1.807, 2.05) is 0 Å². The molecule has 0 bridgehead atoms. The van der Waals surface area contributed by atoms with Gasteiger partial charge in [-0.3, -0.25) is 10.0 Å². The summed E-state index contributed by atoms with van der Waals surface area (Å²) in [6.45, 7) is 1.52. The fraction of sp³-hybridized carbons (Fsp3) is 0.278. The van der Waals surface area contributed by atoms with Crippen LogP contribution >= 0.6 is 11.6 Å². The van der Waals surface area contributed by atoms with E-state index in [0.29, 0.717) is 16.5 Å². The molecule has 0 fully saturated rings. The van der Waals surface area contributed by atoms with E-state index in [1.165, 1.54) is 50.8 Å². The molecule has 152 valence electrons. The molecule has 0 aromatic heterocycles. The van der Waals surface area contributed by atoms with Gasteiger partial charge in [0.1, 0.15) is 17.5 Å². The van der Waals surface area contributed by atoms with Crippen LogP contribution in [0.1, 0.15) is 6.92 Å². The predicted octanol–water partition coefficient (Wildman–Crippen LogP) is 2.66. The molecule has 0 spiro atoms. The van der Waals surface area contributed by atoms with E-state index in [1.54, 1.807) is 24.3 Å². The minimum atomic E-state index is -4.04. The maximum atomic E-state index is 12.9. The molecular formula is C18H21ClN2O6S. The fourth-order valence-corrected chi connectivity index (χ4v) is 4.01. The molecule has 0 heterocycles. The second-order valence-corrected chi connectivity index (χ2v) is 8.34. The van der Waals surface area contributed by atoms with Crippen molar-refractivity contribution in [2.24, 2.45) is 0 Å². The van der Waals surface area contributed by atoms with Gasteiger partial charge in [0.25, 0.3) is 5.91 Å². The number of benzene rings is 2. The summed E-state index contributed by atoms with van der Waals surface area (Å²) >= 11 is 5.83. The first-order valence-corrected chi connectivity index (χ1v) is 10.0. The molecular weight excluding hydrogens is 408 g/mol. The number of methoxy groups -OCH3 is 1.